The number of nitrogens with two attached hydrogens (primary N) is 1. The first-order valence-corrected chi connectivity index (χ1v) is 5.58. The van der Waals surface area contributed by atoms with Crippen molar-refractivity contribution in [3.63, 3.8) is 0 Å². The van der Waals surface area contributed by atoms with E-state index >= 15 is 0 Å². The first-order valence-electron chi connectivity index (χ1n) is 5.58. The largest absolute Gasteiger partial charge is 0.411 e. The summed E-state index contributed by atoms with van der Waals surface area (Å²) in [6.07, 6.45) is -4.35. The number of hydrogen-bond acceptors (Lipinski definition) is 3. The van der Waals surface area contributed by atoms with Gasteiger partial charge >= 0.3 is 6.18 Å². The number of carbonyl (C=O) groups excluding carboxylic acids is 1. The Hall–Kier alpha value is -1.76. The first-order chi connectivity index (χ1) is 8.79. The van der Waals surface area contributed by atoms with Crippen LogP contribution in [0, 0.1) is 6.92 Å². The zero-order valence-corrected chi connectivity index (χ0v) is 10.4. The summed E-state index contributed by atoms with van der Waals surface area (Å²) < 4.78 is 39.7. The van der Waals surface area contributed by atoms with Crippen LogP contribution in [0.1, 0.15) is 15.9 Å². The van der Waals surface area contributed by atoms with E-state index in [1.807, 2.05) is 6.92 Å². The number of anilines is 1. The molecular formula is C12H15F3N2O2. The molecule has 1 aromatic rings. The van der Waals surface area contributed by atoms with Crippen molar-refractivity contribution in [2.75, 3.05) is 25.5 Å². The lowest BCUT2D eigenvalue weighted by atomic mass is 10.1. The summed E-state index contributed by atoms with van der Waals surface area (Å²) in [5, 5.41) is 2.45. The van der Waals surface area contributed by atoms with E-state index in [2.05, 4.69) is 10.1 Å². The van der Waals surface area contributed by atoms with Crippen LogP contribution in [0.2, 0.25) is 0 Å². The Kier molecular flexibility index (Phi) is 5.17. The lowest BCUT2D eigenvalue weighted by Crippen LogP contribution is -2.28. The van der Waals surface area contributed by atoms with E-state index in [0.717, 1.165) is 5.56 Å². The molecule has 0 aliphatic carbocycles. The van der Waals surface area contributed by atoms with E-state index in [4.69, 9.17) is 5.73 Å². The van der Waals surface area contributed by atoms with Crippen LogP contribution in [0.15, 0.2) is 18.2 Å². The minimum absolute atomic E-state index is 0.00267. The zero-order valence-electron chi connectivity index (χ0n) is 10.4. The second kappa shape index (κ2) is 6.42. The topological polar surface area (TPSA) is 64.3 Å². The molecule has 0 aromatic heterocycles. The van der Waals surface area contributed by atoms with E-state index in [0.29, 0.717) is 11.3 Å². The molecule has 0 unspecified atom stereocenters. The van der Waals surface area contributed by atoms with Gasteiger partial charge in [0.2, 0.25) is 0 Å². The van der Waals surface area contributed by atoms with Gasteiger partial charge in [-0.15, -0.1) is 0 Å². The second-order valence-corrected chi connectivity index (χ2v) is 4.00. The van der Waals surface area contributed by atoms with Gasteiger partial charge in [0.1, 0.15) is 6.61 Å². The van der Waals surface area contributed by atoms with Crippen molar-refractivity contribution in [1.29, 1.82) is 0 Å². The molecule has 1 aromatic carbocycles. The quantitative estimate of drug-likeness (QED) is 0.637. The summed E-state index contributed by atoms with van der Waals surface area (Å²) in [6.45, 7) is 0.289. The highest BCUT2D eigenvalue weighted by Crippen LogP contribution is 2.14. The molecule has 0 heterocycles. The number of aryl methyl sites for hydroxylation is 1. The standard InChI is InChI=1S/C12H15F3N2O2/c1-8-2-3-9(6-10(8)16)11(18)17-4-5-19-7-12(13,14)15/h2-3,6H,4-5,7,16H2,1H3,(H,17,18). The molecule has 19 heavy (non-hydrogen) atoms. The molecule has 0 aliphatic heterocycles. The Morgan fingerprint density at radius 1 is 1.42 bits per heavy atom. The van der Waals surface area contributed by atoms with Gasteiger partial charge in [-0.2, -0.15) is 13.2 Å². The van der Waals surface area contributed by atoms with Crippen molar-refractivity contribution in [2.45, 2.75) is 13.1 Å². The fraction of sp³-hybridized carbons (Fsp3) is 0.417. The molecule has 1 amide bonds. The molecule has 0 bridgehead atoms. The van der Waals surface area contributed by atoms with E-state index in [-0.39, 0.29) is 13.2 Å². The highest BCUT2D eigenvalue weighted by molar-refractivity contribution is 5.95. The second-order valence-electron chi connectivity index (χ2n) is 4.00. The third kappa shape index (κ3) is 5.60. The average Bonchev–Trinajstić information content (AvgIpc) is 2.30. The van der Waals surface area contributed by atoms with Gasteiger partial charge in [0.05, 0.1) is 6.61 Å². The predicted molar refractivity (Wildman–Crippen MR) is 64.8 cm³/mol. The van der Waals surface area contributed by atoms with Crippen LogP contribution in [0.25, 0.3) is 0 Å². The highest BCUT2D eigenvalue weighted by atomic mass is 19.4. The number of nitrogen functional groups attached to an aromatic ring is 1. The Labute approximate surface area is 108 Å². The number of nitrogens with one attached hydrogen (secondary N) is 1. The summed E-state index contributed by atoms with van der Waals surface area (Å²) in [4.78, 5) is 11.6. The van der Waals surface area contributed by atoms with E-state index in [9.17, 15) is 18.0 Å². The Bertz CT molecular complexity index is 447. The van der Waals surface area contributed by atoms with E-state index in [1.54, 1.807) is 12.1 Å². The van der Waals surface area contributed by atoms with E-state index in [1.165, 1.54) is 6.07 Å². The maximum atomic E-state index is 11.8. The van der Waals surface area contributed by atoms with Gasteiger partial charge in [0.25, 0.3) is 5.91 Å². The molecule has 0 fully saturated rings. The Balaban J connectivity index is 2.33. The van der Waals surface area contributed by atoms with Gasteiger partial charge in [-0.25, -0.2) is 0 Å². The third-order valence-electron chi connectivity index (χ3n) is 2.34. The maximum absolute atomic E-state index is 11.8. The molecule has 4 nitrogen and oxygen atoms in total. The molecule has 3 N–H and O–H groups in total. The third-order valence-corrected chi connectivity index (χ3v) is 2.34. The lowest BCUT2D eigenvalue weighted by molar-refractivity contribution is -0.173. The van der Waals surface area contributed by atoms with Crippen LogP contribution in [0.3, 0.4) is 0 Å². The molecule has 1 rings (SSSR count). The number of rotatable bonds is 5. The van der Waals surface area contributed by atoms with Gasteiger partial charge in [0, 0.05) is 17.8 Å². The van der Waals surface area contributed by atoms with Gasteiger partial charge in [0.15, 0.2) is 0 Å². The van der Waals surface area contributed by atoms with Crippen molar-refractivity contribution < 1.29 is 22.7 Å². The number of halogens is 3. The minimum atomic E-state index is -4.35. The van der Waals surface area contributed by atoms with Crippen LogP contribution in [0.5, 0.6) is 0 Å². The van der Waals surface area contributed by atoms with Crippen molar-refractivity contribution in [2.24, 2.45) is 0 Å². The van der Waals surface area contributed by atoms with Crippen LogP contribution < -0.4 is 11.1 Å². The SMILES string of the molecule is Cc1ccc(C(=O)NCCOCC(F)(F)F)cc1N. The predicted octanol–water partition coefficient (Wildman–Crippen LogP) is 1.89. The molecule has 0 spiro atoms. The molecule has 0 atom stereocenters. The van der Waals surface area contributed by atoms with Crippen molar-refractivity contribution in [3.8, 4) is 0 Å². The lowest BCUT2D eigenvalue weighted by Gasteiger charge is -2.09. The molecule has 0 saturated heterocycles. The summed E-state index contributed by atoms with van der Waals surface area (Å²) in [7, 11) is 0. The molecule has 0 aliphatic rings. The summed E-state index contributed by atoms with van der Waals surface area (Å²) in [6, 6.07) is 4.81. The first kappa shape index (κ1) is 15.3. The molecule has 0 radical (unpaired) electrons. The Morgan fingerprint density at radius 2 is 2.11 bits per heavy atom. The summed E-state index contributed by atoms with van der Waals surface area (Å²) >= 11 is 0. The number of ether oxygens (including phenoxy) is 1. The maximum Gasteiger partial charge on any atom is 0.411 e. The number of hydrogen-bond donors (Lipinski definition) is 2. The van der Waals surface area contributed by atoms with Gasteiger partial charge in [-0.3, -0.25) is 4.79 Å². The zero-order chi connectivity index (χ0) is 14.5. The van der Waals surface area contributed by atoms with Crippen LogP contribution in [0.4, 0.5) is 18.9 Å². The monoisotopic (exact) mass is 276 g/mol. The fourth-order valence-corrected chi connectivity index (χ4v) is 1.31. The van der Waals surface area contributed by atoms with Crippen LogP contribution >= 0.6 is 0 Å². The minimum Gasteiger partial charge on any atom is -0.398 e. The van der Waals surface area contributed by atoms with E-state index < -0.39 is 18.7 Å². The van der Waals surface area contributed by atoms with Crippen molar-refractivity contribution >= 4 is 11.6 Å². The average molecular weight is 276 g/mol. The van der Waals surface area contributed by atoms with Crippen molar-refractivity contribution in [1.82, 2.24) is 5.32 Å². The van der Waals surface area contributed by atoms with Crippen LogP contribution in [-0.4, -0.2) is 31.8 Å². The number of benzene rings is 1. The summed E-state index contributed by atoms with van der Waals surface area (Å²) in [5.74, 6) is -0.401. The van der Waals surface area contributed by atoms with Crippen LogP contribution in [-0.2, 0) is 4.74 Å². The summed E-state index contributed by atoms with van der Waals surface area (Å²) in [5.41, 5.74) is 7.35. The molecular weight excluding hydrogens is 261 g/mol. The fourth-order valence-electron chi connectivity index (χ4n) is 1.31. The van der Waals surface area contributed by atoms with Gasteiger partial charge < -0.3 is 15.8 Å². The highest BCUT2D eigenvalue weighted by Gasteiger charge is 2.27. The van der Waals surface area contributed by atoms with Gasteiger partial charge in [-0.1, -0.05) is 6.07 Å². The molecule has 0 saturated carbocycles. The van der Waals surface area contributed by atoms with Gasteiger partial charge in [-0.05, 0) is 24.6 Å². The number of alkyl halides is 3. The Morgan fingerprint density at radius 3 is 2.68 bits per heavy atom. The molecule has 106 valence electrons. The number of amides is 1. The smallest absolute Gasteiger partial charge is 0.398 e. The van der Waals surface area contributed by atoms with Crippen molar-refractivity contribution in [3.05, 3.63) is 29.3 Å². The number of carbonyl (C=O) groups is 1. The molecule has 7 heteroatoms. The normalized spacial score (nSPS) is 11.4.